The fourth-order valence-electron chi connectivity index (χ4n) is 4.08. The average molecular weight is 391 g/mol. The van der Waals surface area contributed by atoms with Crippen molar-refractivity contribution in [1.82, 2.24) is 14.5 Å². The Kier molecular flexibility index (Phi) is 5.60. The number of rotatable bonds is 5. The Morgan fingerprint density at radius 3 is 2.62 bits per heavy atom. The van der Waals surface area contributed by atoms with E-state index in [2.05, 4.69) is 4.57 Å². The number of ether oxygens (including phenoxy) is 1. The normalized spacial score (nSPS) is 16.7. The first-order valence-electron chi connectivity index (χ1n) is 10.1. The van der Waals surface area contributed by atoms with E-state index in [-0.39, 0.29) is 11.9 Å². The van der Waals surface area contributed by atoms with Crippen LogP contribution in [0.25, 0.3) is 16.7 Å². The molecule has 6 nitrogen and oxygen atoms in total. The van der Waals surface area contributed by atoms with Crippen molar-refractivity contribution in [1.29, 1.82) is 0 Å². The first kappa shape index (κ1) is 19.2. The van der Waals surface area contributed by atoms with Gasteiger partial charge in [-0.2, -0.15) is 0 Å². The van der Waals surface area contributed by atoms with Gasteiger partial charge in [-0.15, -0.1) is 0 Å². The van der Waals surface area contributed by atoms with Crippen LogP contribution >= 0.6 is 0 Å². The molecule has 0 radical (unpaired) electrons. The summed E-state index contributed by atoms with van der Waals surface area (Å²) in [4.78, 5) is 31.5. The molecule has 3 aromatic rings. The molecule has 1 unspecified atom stereocenters. The number of aromatic nitrogens is 2. The Bertz CT molecular complexity index is 1010. The van der Waals surface area contributed by atoms with Gasteiger partial charge < -0.3 is 9.64 Å². The zero-order chi connectivity index (χ0) is 20.2. The summed E-state index contributed by atoms with van der Waals surface area (Å²) in [6, 6.07) is 17.6. The first-order chi connectivity index (χ1) is 14.2. The van der Waals surface area contributed by atoms with Gasteiger partial charge in [0.1, 0.15) is 11.9 Å². The van der Waals surface area contributed by atoms with Crippen molar-refractivity contribution in [2.45, 2.75) is 38.1 Å². The Labute approximate surface area is 170 Å². The molecule has 4 rings (SSSR count). The molecule has 1 amide bonds. The number of esters is 1. The Morgan fingerprint density at radius 2 is 1.83 bits per heavy atom. The monoisotopic (exact) mass is 391 g/mol. The molecule has 2 aromatic carbocycles. The number of hydrogen-bond donors (Lipinski definition) is 0. The predicted molar refractivity (Wildman–Crippen MR) is 111 cm³/mol. The van der Waals surface area contributed by atoms with Crippen molar-refractivity contribution in [3.63, 3.8) is 0 Å². The molecular weight excluding hydrogens is 366 g/mol. The number of benzene rings is 2. The van der Waals surface area contributed by atoms with Crippen LogP contribution in [-0.4, -0.2) is 46.0 Å². The fraction of sp³-hybridized carbons (Fsp3) is 0.348. The first-order valence-corrected chi connectivity index (χ1v) is 10.1. The summed E-state index contributed by atoms with van der Waals surface area (Å²) in [5, 5.41) is 0. The lowest BCUT2D eigenvalue weighted by Gasteiger charge is -2.33. The summed E-state index contributed by atoms with van der Waals surface area (Å²) in [6.45, 7) is 0.605. The lowest BCUT2D eigenvalue weighted by Crippen LogP contribution is -2.48. The second-order valence-electron chi connectivity index (χ2n) is 7.31. The summed E-state index contributed by atoms with van der Waals surface area (Å²) in [7, 11) is 1.38. The Morgan fingerprint density at radius 1 is 1.07 bits per heavy atom. The predicted octanol–water partition coefficient (Wildman–Crippen LogP) is 3.51. The van der Waals surface area contributed by atoms with Crippen molar-refractivity contribution in [3.8, 4) is 5.69 Å². The van der Waals surface area contributed by atoms with E-state index in [0.717, 1.165) is 35.4 Å². The zero-order valence-electron chi connectivity index (χ0n) is 16.6. The highest BCUT2D eigenvalue weighted by Crippen LogP contribution is 2.24. The van der Waals surface area contributed by atoms with Gasteiger partial charge in [0.15, 0.2) is 0 Å². The van der Waals surface area contributed by atoms with Crippen LogP contribution in [0, 0.1) is 0 Å². The number of likely N-dealkylation sites (tertiary alicyclic amines) is 1. The van der Waals surface area contributed by atoms with Crippen molar-refractivity contribution < 1.29 is 14.3 Å². The third-order valence-corrected chi connectivity index (χ3v) is 5.50. The number of aryl methyl sites for hydroxylation is 1. The summed E-state index contributed by atoms with van der Waals surface area (Å²) >= 11 is 0. The molecule has 1 saturated heterocycles. The lowest BCUT2D eigenvalue weighted by molar-refractivity contribution is -0.154. The molecule has 0 N–H and O–H groups in total. The number of fused-ring (bicyclic) bond motifs is 1. The van der Waals surface area contributed by atoms with E-state index in [9.17, 15) is 9.59 Å². The molecule has 0 spiro atoms. The number of imidazole rings is 1. The SMILES string of the molecule is COC(=O)C1CCCCN1C(=O)CCc1nc2ccccc2n1-c1ccccc1. The van der Waals surface area contributed by atoms with E-state index >= 15 is 0 Å². The van der Waals surface area contributed by atoms with Crippen LogP contribution in [0.15, 0.2) is 54.6 Å². The summed E-state index contributed by atoms with van der Waals surface area (Å²) in [6.07, 6.45) is 3.34. The molecule has 29 heavy (non-hydrogen) atoms. The van der Waals surface area contributed by atoms with Crippen molar-refractivity contribution in [2.75, 3.05) is 13.7 Å². The van der Waals surface area contributed by atoms with Crippen LogP contribution in [0.1, 0.15) is 31.5 Å². The number of para-hydroxylation sites is 3. The molecule has 150 valence electrons. The van der Waals surface area contributed by atoms with E-state index in [1.807, 2.05) is 54.6 Å². The van der Waals surface area contributed by atoms with Crippen molar-refractivity contribution in [2.24, 2.45) is 0 Å². The maximum absolute atomic E-state index is 12.9. The summed E-state index contributed by atoms with van der Waals surface area (Å²) in [5.74, 6) is 0.499. The second kappa shape index (κ2) is 8.47. The molecule has 1 aliphatic heterocycles. The van der Waals surface area contributed by atoms with Gasteiger partial charge in [0.05, 0.1) is 18.1 Å². The second-order valence-corrected chi connectivity index (χ2v) is 7.31. The lowest BCUT2D eigenvalue weighted by atomic mass is 10.0. The maximum atomic E-state index is 12.9. The highest BCUT2D eigenvalue weighted by atomic mass is 16.5. The van der Waals surface area contributed by atoms with Crippen LogP contribution in [0.4, 0.5) is 0 Å². The number of methoxy groups -OCH3 is 1. The number of hydrogen-bond acceptors (Lipinski definition) is 4. The van der Waals surface area contributed by atoms with Gasteiger partial charge in [-0.1, -0.05) is 30.3 Å². The molecule has 0 bridgehead atoms. The van der Waals surface area contributed by atoms with Gasteiger partial charge in [0, 0.05) is 25.1 Å². The van der Waals surface area contributed by atoms with Gasteiger partial charge in [-0.3, -0.25) is 9.36 Å². The quantitative estimate of drug-likeness (QED) is 0.625. The van der Waals surface area contributed by atoms with Gasteiger partial charge in [-0.25, -0.2) is 9.78 Å². The van der Waals surface area contributed by atoms with Crippen molar-refractivity contribution >= 4 is 22.9 Å². The minimum Gasteiger partial charge on any atom is -0.467 e. The van der Waals surface area contributed by atoms with Crippen LogP contribution in [0.5, 0.6) is 0 Å². The van der Waals surface area contributed by atoms with E-state index in [1.165, 1.54) is 7.11 Å². The molecule has 0 saturated carbocycles. The number of nitrogens with zero attached hydrogens (tertiary/aromatic N) is 3. The van der Waals surface area contributed by atoms with E-state index < -0.39 is 6.04 Å². The molecule has 2 heterocycles. The highest BCUT2D eigenvalue weighted by molar-refractivity contribution is 5.85. The fourth-order valence-corrected chi connectivity index (χ4v) is 4.08. The van der Waals surface area contributed by atoms with Gasteiger partial charge in [0.2, 0.25) is 5.91 Å². The van der Waals surface area contributed by atoms with Crippen LogP contribution < -0.4 is 0 Å². The number of piperidine rings is 1. The third kappa shape index (κ3) is 3.88. The van der Waals surface area contributed by atoms with E-state index in [1.54, 1.807) is 4.90 Å². The van der Waals surface area contributed by atoms with Crippen LogP contribution in [0.3, 0.4) is 0 Å². The third-order valence-electron chi connectivity index (χ3n) is 5.50. The molecule has 1 atom stereocenters. The standard InChI is InChI=1S/C23H25N3O3/c1-29-23(28)20-13-7-8-16-25(20)22(27)15-14-21-24-18-11-5-6-12-19(18)26(21)17-9-3-2-4-10-17/h2-6,9-12,20H,7-8,13-16H2,1H3. The average Bonchev–Trinajstić information content (AvgIpc) is 3.16. The van der Waals surface area contributed by atoms with Gasteiger partial charge >= 0.3 is 5.97 Å². The smallest absolute Gasteiger partial charge is 0.328 e. The number of carbonyl (C=O) groups is 2. The van der Waals surface area contributed by atoms with Gasteiger partial charge in [-0.05, 0) is 43.5 Å². The minimum atomic E-state index is -0.464. The molecule has 1 fully saturated rings. The zero-order valence-corrected chi connectivity index (χ0v) is 16.6. The Balaban J connectivity index is 1.58. The number of carbonyl (C=O) groups excluding carboxylic acids is 2. The molecular formula is C23H25N3O3. The molecule has 0 aliphatic carbocycles. The van der Waals surface area contributed by atoms with Crippen LogP contribution in [-0.2, 0) is 20.7 Å². The molecule has 1 aromatic heterocycles. The van der Waals surface area contributed by atoms with Crippen molar-refractivity contribution in [3.05, 3.63) is 60.4 Å². The Hall–Kier alpha value is -3.15. The number of amides is 1. The topological polar surface area (TPSA) is 64.4 Å². The maximum Gasteiger partial charge on any atom is 0.328 e. The van der Waals surface area contributed by atoms with E-state index in [4.69, 9.17) is 9.72 Å². The summed E-state index contributed by atoms with van der Waals surface area (Å²) < 4.78 is 7.01. The van der Waals surface area contributed by atoms with Crippen LogP contribution in [0.2, 0.25) is 0 Å². The van der Waals surface area contributed by atoms with Gasteiger partial charge in [0.25, 0.3) is 0 Å². The highest BCUT2D eigenvalue weighted by Gasteiger charge is 2.32. The molecule has 6 heteroatoms. The molecule has 1 aliphatic rings. The largest absolute Gasteiger partial charge is 0.467 e. The minimum absolute atomic E-state index is 0.0215. The van der Waals surface area contributed by atoms with E-state index in [0.29, 0.717) is 25.8 Å². The summed E-state index contributed by atoms with van der Waals surface area (Å²) in [5.41, 5.74) is 2.95.